The van der Waals surface area contributed by atoms with Gasteiger partial charge in [0, 0.05) is 24.2 Å². The smallest absolute Gasteiger partial charge is 0.408 e. The highest BCUT2D eigenvalue weighted by atomic mass is 16.6. The number of aliphatic hydroxyl groups is 2. The number of ether oxygens (including phenoxy) is 4. The fourth-order valence-electron chi connectivity index (χ4n) is 14.5. The van der Waals surface area contributed by atoms with Crippen molar-refractivity contribution in [3.05, 3.63) is 0 Å². The molecular formula is C43H71NO9. The summed E-state index contributed by atoms with van der Waals surface area (Å²) in [4.78, 5) is 39.8. The van der Waals surface area contributed by atoms with Crippen molar-refractivity contribution in [2.24, 2.45) is 56.7 Å². The van der Waals surface area contributed by atoms with Crippen LogP contribution < -0.4 is 5.32 Å². The van der Waals surface area contributed by atoms with Crippen LogP contribution in [0.5, 0.6) is 0 Å². The number of amides is 1. The molecule has 1 heterocycles. The van der Waals surface area contributed by atoms with Crippen molar-refractivity contribution in [2.45, 2.75) is 196 Å². The van der Waals surface area contributed by atoms with E-state index in [-0.39, 0.29) is 63.5 Å². The summed E-state index contributed by atoms with van der Waals surface area (Å²) in [5, 5.41) is 26.0. The van der Waals surface area contributed by atoms with E-state index in [1.54, 1.807) is 20.8 Å². The Kier molecular flexibility index (Phi) is 9.64. The number of hydrogen-bond acceptors (Lipinski definition) is 9. The van der Waals surface area contributed by atoms with Crippen LogP contribution in [0.1, 0.15) is 148 Å². The third-order valence-electron chi connectivity index (χ3n) is 16.6. The first-order chi connectivity index (χ1) is 24.1. The van der Waals surface area contributed by atoms with Crippen molar-refractivity contribution in [1.29, 1.82) is 0 Å². The fourth-order valence-corrected chi connectivity index (χ4v) is 14.5. The molecule has 1 amide bonds. The molecule has 2 unspecified atom stereocenters. The molecule has 6 aliphatic rings. The van der Waals surface area contributed by atoms with Crippen LogP contribution in [0.3, 0.4) is 0 Å². The average molecular weight is 746 g/mol. The van der Waals surface area contributed by atoms with Crippen LogP contribution in [-0.4, -0.2) is 75.5 Å². The molecule has 302 valence electrons. The third-order valence-corrected chi connectivity index (χ3v) is 16.6. The minimum absolute atomic E-state index is 0.0127. The lowest BCUT2D eigenvalue weighted by molar-refractivity contribution is -0.225. The highest BCUT2D eigenvalue weighted by Gasteiger charge is 2.89. The van der Waals surface area contributed by atoms with Gasteiger partial charge in [-0.2, -0.15) is 0 Å². The number of carbonyl (C=O) groups excluding carboxylic acids is 3. The summed E-state index contributed by atoms with van der Waals surface area (Å²) in [5.41, 5.74) is -3.47. The monoisotopic (exact) mass is 746 g/mol. The van der Waals surface area contributed by atoms with E-state index >= 15 is 0 Å². The lowest BCUT2D eigenvalue weighted by atomic mass is 9.41. The molecule has 14 atom stereocenters. The summed E-state index contributed by atoms with van der Waals surface area (Å²) in [5.74, 6) is -0.713. The molecule has 10 heteroatoms. The Morgan fingerprint density at radius 2 is 1.51 bits per heavy atom. The van der Waals surface area contributed by atoms with Crippen molar-refractivity contribution >= 4 is 18.0 Å². The summed E-state index contributed by atoms with van der Waals surface area (Å²) in [6.45, 7) is 27.9. The average Bonchev–Trinajstić information content (AvgIpc) is 3.20. The van der Waals surface area contributed by atoms with Crippen molar-refractivity contribution in [3.63, 3.8) is 0 Å². The van der Waals surface area contributed by atoms with Crippen LogP contribution >= 0.6 is 0 Å². The lowest BCUT2D eigenvalue weighted by Gasteiger charge is -2.64. The van der Waals surface area contributed by atoms with Crippen LogP contribution in [0.25, 0.3) is 0 Å². The number of nitrogens with one attached hydrogen (secondary N) is 1. The van der Waals surface area contributed by atoms with Gasteiger partial charge in [0.1, 0.15) is 23.9 Å². The van der Waals surface area contributed by atoms with E-state index in [0.29, 0.717) is 18.8 Å². The predicted molar refractivity (Wildman–Crippen MR) is 200 cm³/mol. The topological polar surface area (TPSA) is 141 Å². The Bertz CT molecular complexity index is 1480. The van der Waals surface area contributed by atoms with Crippen LogP contribution in [0.4, 0.5) is 4.79 Å². The second kappa shape index (κ2) is 12.5. The number of carbonyl (C=O) groups is 3. The standard InChI is InChI=1S/C43H71NO9/c1-23(2)31(44-35(48)53-36(5,6)7)34(47)51-27-21-28-40(13)22-26(46)32(41(14)17-15-30(52-41)38(10,11)49)39(40,12)19-20-42(28)24(3)43(42)18-16-29(50-25(4)45)37(8,9)33(27)43/h23-24,26-33,46,49H,15-22H2,1-14H3,(H,44,48)/t24-,26-,27-,28?,29-,30-,31-,32-,33-,39+,40-,41+,42?,43+/m0/s1. The third kappa shape index (κ3) is 5.90. The minimum atomic E-state index is -0.975. The summed E-state index contributed by atoms with van der Waals surface area (Å²) >= 11 is 0. The van der Waals surface area contributed by atoms with E-state index in [2.05, 4.69) is 46.9 Å². The number of rotatable bonds is 7. The molecule has 5 aliphatic carbocycles. The van der Waals surface area contributed by atoms with Gasteiger partial charge in [-0.3, -0.25) is 4.79 Å². The van der Waals surface area contributed by atoms with Gasteiger partial charge in [0.15, 0.2) is 0 Å². The number of fused-ring (bicyclic) bond motifs is 2. The highest BCUT2D eigenvalue weighted by molar-refractivity contribution is 5.82. The van der Waals surface area contributed by atoms with E-state index < -0.39 is 52.5 Å². The summed E-state index contributed by atoms with van der Waals surface area (Å²) < 4.78 is 25.2. The molecule has 1 saturated heterocycles. The molecule has 3 N–H and O–H groups in total. The van der Waals surface area contributed by atoms with E-state index in [0.717, 1.165) is 38.5 Å². The lowest BCUT2D eigenvalue weighted by Crippen LogP contribution is -2.63. The summed E-state index contributed by atoms with van der Waals surface area (Å²) in [6.07, 6.45) is 4.05. The molecule has 0 aromatic rings. The Balaban J connectivity index is 1.40. The van der Waals surface area contributed by atoms with Crippen molar-refractivity contribution in [1.82, 2.24) is 5.32 Å². The van der Waals surface area contributed by atoms with Crippen LogP contribution in [-0.2, 0) is 28.5 Å². The second-order valence-electron chi connectivity index (χ2n) is 21.6. The molecular weight excluding hydrogens is 674 g/mol. The maximum Gasteiger partial charge on any atom is 0.408 e. The zero-order valence-electron chi connectivity index (χ0n) is 35.2. The molecule has 0 radical (unpaired) electrons. The summed E-state index contributed by atoms with van der Waals surface area (Å²) in [7, 11) is 0. The zero-order chi connectivity index (χ0) is 39.7. The van der Waals surface area contributed by atoms with Gasteiger partial charge >= 0.3 is 18.0 Å². The Morgan fingerprint density at radius 3 is 2.06 bits per heavy atom. The predicted octanol–water partition coefficient (Wildman–Crippen LogP) is 7.35. The second-order valence-corrected chi connectivity index (χ2v) is 21.6. The number of hydrogen-bond donors (Lipinski definition) is 3. The van der Waals surface area contributed by atoms with Crippen LogP contribution in [0.2, 0.25) is 0 Å². The molecule has 0 aromatic carbocycles. The van der Waals surface area contributed by atoms with Gasteiger partial charge < -0.3 is 34.5 Å². The maximum atomic E-state index is 14.4. The van der Waals surface area contributed by atoms with Gasteiger partial charge in [-0.1, -0.05) is 48.5 Å². The fraction of sp³-hybridized carbons (Fsp3) is 0.930. The Morgan fingerprint density at radius 1 is 0.868 bits per heavy atom. The van der Waals surface area contributed by atoms with Gasteiger partial charge in [0.25, 0.3) is 0 Å². The Hall–Kier alpha value is -1.91. The van der Waals surface area contributed by atoms with Crippen molar-refractivity contribution in [2.75, 3.05) is 0 Å². The van der Waals surface area contributed by atoms with Crippen molar-refractivity contribution < 1.29 is 43.5 Å². The van der Waals surface area contributed by atoms with E-state index in [1.807, 2.05) is 27.7 Å². The molecule has 10 nitrogen and oxygen atoms in total. The molecule has 0 aromatic heterocycles. The minimum Gasteiger partial charge on any atom is -0.462 e. The molecule has 53 heavy (non-hydrogen) atoms. The molecule has 0 bridgehead atoms. The zero-order valence-corrected chi connectivity index (χ0v) is 35.2. The van der Waals surface area contributed by atoms with E-state index in [1.165, 1.54) is 6.92 Å². The first-order valence-electron chi connectivity index (χ1n) is 20.6. The Labute approximate surface area is 318 Å². The normalized spacial score (nSPS) is 46.3. The molecule has 1 aliphatic heterocycles. The van der Waals surface area contributed by atoms with Crippen molar-refractivity contribution in [3.8, 4) is 0 Å². The number of alkyl carbamates (subject to hydrolysis) is 1. The van der Waals surface area contributed by atoms with Crippen LogP contribution in [0.15, 0.2) is 0 Å². The maximum absolute atomic E-state index is 14.4. The first-order valence-corrected chi connectivity index (χ1v) is 20.6. The van der Waals surface area contributed by atoms with Gasteiger partial charge in [0.05, 0.1) is 23.4 Å². The van der Waals surface area contributed by atoms with Crippen LogP contribution in [0, 0.1) is 56.7 Å². The molecule has 6 rings (SSSR count). The number of aliphatic hydroxyl groups excluding tert-OH is 1. The molecule has 2 spiro atoms. The SMILES string of the molecule is CC(=O)O[C@H]1CC[C@@]23[C@@H]([C@@H](OC(=O)[C@@H](NC(=O)OC(C)(C)C)C(C)C)CC4C2(CC[C@]2(C)[C@@H]([C@@]5(C)CC[C@@H](C(C)(C)O)O5)[C@@H](O)C[C@@]42C)[C@@H]3C)C1(C)C. The van der Waals surface area contributed by atoms with E-state index in [9.17, 15) is 24.6 Å². The number of esters is 2. The van der Waals surface area contributed by atoms with Gasteiger partial charge in [-0.25, -0.2) is 9.59 Å². The molecule has 5 saturated carbocycles. The van der Waals surface area contributed by atoms with Gasteiger partial charge in [-0.15, -0.1) is 0 Å². The quantitative estimate of drug-likeness (QED) is 0.180. The van der Waals surface area contributed by atoms with Gasteiger partial charge in [0.2, 0.25) is 0 Å². The summed E-state index contributed by atoms with van der Waals surface area (Å²) in [6, 6.07) is -0.909. The van der Waals surface area contributed by atoms with E-state index in [4.69, 9.17) is 18.9 Å². The van der Waals surface area contributed by atoms with Gasteiger partial charge in [-0.05, 0) is 132 Å². The highest BCUT2D eigenvalue weighted by Crippen LogP contribution is 2.91. The first kappa shape index (κ1) is 40.7. The molecule has 6 fully saturated rings. The largest absolute Gasteiger partial charge is 0.462 e.